The van der Waals surface area contributed by atoms with Gasteiger partial charge in [-0.15, -0.1) is 0 Å². The molecule has 19 heavy (non-hydrogen) atoms. The molecule has 1 atom stereocenters. The molecule has 1 fully saturated rings. The van der Waals surface area contributed by atoms with Gasteiger partial charge in [-0.25, -0.2) is 8.78 Å². The molecule has 1 unspecified atom stereocenters. The monoisotopic (exact) mass is 267 g/mol. The summed E-state index contributed by atoms with van der Waals surface area (Å²) in [7, 11) is 0. The summed E-state index contributed by atoms with van der Waals surface area (Å²) in [5.74, 6) is -0.893. The molecule has 0 amide bonds. The van der Waals surface area contributed by atoms with Crippen molar-refractivity contribution < 1.29 is 8.78 Å². The molecule has 1 aromatic carbocycles. The zero-order chi connectivity index (χ0) is 14.0. The molecule has 2 rings (SSSR count). The van der Waals surface area contributed by atoms with Crippen LogP contribution < -0.4 is 5.32 Å². The Balaban J connectivity index is 2.41. The first-order valence-corrected chi connectivity index (χ1v) is 7.17. The maximum absolute atomic E-state index is 14.1. The van der Waals surface area contributed by atoms with Crippen molar-refractivity contribution in [2.75, 3.05) is 6.54 Å². The van der Waals surface area contributed by atoms with Gasteiger partial charge in [-0.05, 0) is 43.4 Å². The van der Waals surface area contributed by atoms with Crippen molar-refractivity contribution in [1.29, 1.82) is 0 Å². The van der Waals surface area contributed by atoms with Crippen LogP contribution in [0.4, 0.5) is 8.78 Å². The molecule has 0 bridgehead atoms. The number of aryl methyl sites for hydroxylation is 1. The standard InChI is InChI=1S/C16H23F2N/c1-4-19-15(16(3)7-5-6-8-16)12-9-11(2)13(17)10-14(12)18/h9-10,15,19H,4-8H2,1-3H3. The normalized spacial score (nSPS) is 19.6. The first-order chi connectivity index (χ1) is 8.98. The summed E-state index contributed by atoms with van der Waals surface area (Å²) in [6.45, 7) is 6.72. The van der Waals surface area contributed by atoms with Crippen LogP contribution in [-0.2, 0) is 0 Å². The summed E-state index contributed by atoms with van der Waals surface area (Å²) in [5, 5.41) is 3.41. The Morgan fingerprint density at radius 2 is 1.84 bits per heavy atom. The van der Waals surface area contributed by atoms with Crippen molar-refractivity contribution >= 4 is 0 Å². The molecule has 1 aliphatic carbocycles. The molecule has 0 heterocycles. The lowest BCUT2D eigenvalue weighted by Gasteiger charge is -2.35. The molecule has 0 spiro atoms. The van der Waals surface area contributed by atoms with Crippen molar-refractivity contribution in [3.05, 3.63) is 34.9 Å². The van der Waals surface area contributed by atoms with Crippen LogP contribution in [0, 0.1) is 24.0 Å². The summed E-state index contributed by atoms with van der Waals surface area (Å²) < 4.78 is 27.6. The highest BCUT2D eigenvalue weighted by Gasteiger charge is 2.38. The van der Waals surface area contributed by atoms with Crippen molar-refractivity contribution in [3.8, 4) is 0 Å². The molecular weight excluding hydrogens is 244 g/mol. The third-order valence-electron chi connectivity index (χ3n) is 4.44. The lowest BCUT2D eigenvalue weighted by molar-refractivity contribution is 0.221. The van der Waals surface area contributed by atoms with E-state index in [9.17, 15) is 8.78 Å². The molecule has 1 N–H and O–H groups in total. The summed E-state index contributed by atoms with van der Waals surface area (Å²) in [4.78, 5) is 0. The summed E-state index contributed by atoms with van der Waals surface area (Å²) in [5.41, 5.74) is 1.20. The highest BCUT2D eigenvalue weighted by Crippen LogP contribution is 2.47. The van der Waals surface area contributed by atoms with Crippen molar-refractivity contribution in [1.82, 2.24) is 5.32 Å². The van der Waals surface area contributed by atoms with Crippen LogP contribution in [0.1, 0.15) is 56.7 Å². The number of nitrogens with one attached hydrogen (secondary N) is 1. The van der Waals surface area contributed by atoms with Crippen LogP contribution in [0.5, 0.6) is 0 Å². The predicted octanol–water partition coefficient (Wildman–Crippen LogP) is 4.50. The third kappa shape index (κ3) is 2.81. The lowest BCUT2D eigenvalue weighted by atomic mass is 9.76. The molecule has 3 heteroatoms. The highest BCUT2D eigenvalue weighted by atomic mass is 19.1. The summed E-state index contributed by atoms with van der Waals surface area (Å²) >= 11 is 0. The van der Waals surface area contributed by atoms with Crippen LogP contribution in [0.2, 0.25) is 0 Å². The number of hydrogen-bond acceptors (Lipinski definition) is 1. The minimum absolute atomic E-state index is 0.0284. The van der Waals surface area contributed by atoms with Crippen LogP contribution in [0.15, 0.2) is 12.1 Å². The van der Waals surface area contributed by atoms with E-state index in [1.54, 1.807) is 13.0 Å². The van der Waals surface area contributed by atoms with E-state index in [-0.39, 0.29) is 11.5 Å². The minimum Gasteiger partial charge on any atom is -0.310 e. The first-order valence-electron chi connectivity index (χ1n) is 7.17. The Labute approximate surface area is 114 Å². The molecule has 0 saturated heterocycles. The molecule has 1 nitrogen and oxygen atoms in total. The fourth-order valence-electron chi connectivity index (χ4n) is 3.31. The maximum atomic E-state index is 14.1. The maximum Gasteiger partial charge on any atom is 0.130 e. The van der Waals surface area contributed by atoms with Crippen molar-refractivity contribution in [2.24, 2.45) is 5.41 Å². The SMILES string of the molecule is CCNC(c1cc(C)c(F)cc1F)C1(C)CCCC1. The van der Waals surface area contributed by atoms with Gasteiger partial charge < -0.3 is 5.32 Å². The van der Waals surface area contributed by atoms with Gasteiger partial charge in [0, 0.05) is 17.7 Å². The molecule has 0 aromatic heterocycles. The minimum atomic E-state index is -0.465. The topological polar surface area (TPSA) is 12.0 Å². The highest BCUT2D eigenvalue weighted by molar-refractivity contribution is 5.30. The summed E-state index contributed by atoms with van der Waals surface area (Å²) in [6, 6.07) is 2.66. The molecule has 1 aliphatic rings. The van der Waals surface area contributed by atoms with Crippen LogP contribution in [0.3, 0.4) is 0 Å². The van der Waals surface area contributed by atoms with Gasteiger partial charge in [0.1, 0.15) is 11.6 Å². The predicted molar refractivity (Wildman–Crippen MR) is 74.1 cm³/mol. The summed E-state index contributed by atoms with van der Waals surface area (Å²) in [6.07, 6.45) is 4.58. The average molecular weight is 267 g/mol. The van der Waals surface area contributed by atoms with Gasteiger partial charge in [-0.1, -0.05) is 26.7 Å². The van der Waals surface area contributed by atoms with Crippen molar-refractivity contribution in [2.45, 2.75) is 52.5 Å². The van der Waals surface area contributed by atoms with E-state index in [1.165, 1.54) is 12.8 Å². The second-order valence-corrected chi connectivity index (χ2v) is 5.97. The van der Waals surface area contributed by atoms with Gasteiger partial charge >= 0.3 is 0 Å². The fourth-order valence-corrected chi connectivity index (χ4v) is 3.31. The molecular formula is C16H23F2N. The third-order valence-corrected chi connectivity index (χ3v) is 4.44. The van der Waals surface area contributed by atoms with Gasteiger partial charge in [0.05, 0.1) is 0 Å². The van der Waals surface area contributed by atoms with Gasteiger partial charge in [-0.2, -0.15) is 0 Å². The molecule has 0 radical (unpaired) electrons. The zero-order valence-electron chi connectivity index (χ0n) is 12.0. The smallest absolute Gasteiger partial charge is 0.130 e. The largest absolute Gasteiger partial charge is 0.310 e. The zero-order valence-corrected chi connectivity index (χ0v) is 12.0. The van der Waals surface area contributed by atoms with E-state index in [1.807, 2.05) is 6.92 Å². The van der Waals surface area contributed by atoms with E-state index < -0.39 is 11.6 Å². The Kier molecular flexibility index (Phi) is 4.24. The quantitative estimate of drug-likeness (QED) is 0.846. The van der Waals surface area contributed by atoms with Crippen LogP contribution >= 0.6 is 0 Å². The van der Waals surface area contributed by atoms with E-state index >= 15 is 0 Å². The van der Waals surface area contributed by atoms with Gasteiger partial charge in [0.25, 0.3) is 0 Å². The Morgan fingerprint density at radius 1 is 1.21 bits per heavy atom. The fraction of sp³-hybridized carbons (Fsp3) is 0.625. The van der Waals surface area contributed by atoms with Gasteiger partial charge in [0.2, 0.25) is 0 Å². The average Bonchev–Trinajstić information content (AvgIpc) is 2.79. The van der Waals surface area contributed by atoms with Gasteiger partial charge in [-0.3, -0.25) is 0 Å². The van der Waals surface area contributed by atoms with Crippen LogP contribution in [0.25, 0.3) is 0 Å². The Bertz CT molecular complexity index is 450. The van der Waals surface area contributed by atoms with E-state index in [0.29, 0.717) is 11.1 Å². The van der Waals surface area contributed by atoms with Gasteiger partial charge in [0.15, 0.2) is 0 Å². The first kappa shape index (κ1) is 14.4. The van der Waals surface area contributed by atoms with Crippen LogP contribution in [-0.4, -0.2) is 6.54 Å². The van der Waals surface area contributed by atoms with E-state index in [4.69, 9.17) is 0 Å². The number of benzene rings is 1. The second kappa shape index (κ2) is 5.58. The second-order valence-electron chi connectivity index (χ2n) is 5.97. The van der Waals surface area contributed by atoms with Crippen molar-refractivity contribution in [3.63, 3.8) is 0 Å². The van der Waals surface area contributed by atoms with E-state index in [2.05, 4.69) is 12.2 Å². The Hall–Kier alpha value is -0.960. The number of hydrogen-bond donors (Lipinski definition) is 1. The van der Waals surface area contributed by atoms with E-state index in [0.717, 1.165) is 25.5 Å². The number of rotatable bonds is 4. The Morgan fingerprint density at radius 3 is 2.42 bits per heavy atom. The lowest BCUT2D eigenvalue weighted by Crippen LogP contribution is -2.35. The number of halogens is 2. The molecule has 0 aliphatic heterocycles. The molecule has 1 saturated carbocycles. The molecule has 1 aromatic rings. The molecule has 106 valence electrons.